The van der Waals surface area contributed by atoms with Crippen LogP contribution in [0.15, 0.2) is 29.8 Å². The Bertz CT molecular complexity index is 641. The number of rotatable bonds is 4. The fourth-order valence-electron chi connectivity index (χ4n) is 2.23. The number of alkyl halides is 3. The summed E-state index contributed by atoms with van der Waals surface area (Å²) in [5, 5.41) is 11.6. The van der Waals surface area contributed by atoms with E-state index in [1.165, 1.54) is 12.1 Å². The van der Waals surface area contributed by atoms with Crippen LogP contribution in [0.3, 0.4) is 0 Å². The molecular formula is C16H15F3N2O2. The maximum atomic E-state index is 12.7. The maximum Gasteiger partial charge on any atom is 0.416 e. The Labute approximate surface area is 131 Å². The van der Waals surface area contributed by atoms with Crippen molar-refractivity contribution >= 4 is 12.0 Å². The van der Waals surface area contributed by atoms with E-state index >= 15 is 0 Å². The highest BCUT2D eigenvalue weighted by Gasteiger charge is 2.30. The Morgan fingerprint density at radius 1 is 1.48 bits per heavy atom. The van der Waals surface area contributed by atoms with Crippen LogP contribution in [0.2, 0.25) is 0 Å². The van der Waals surface area contributed by atoms with Crippen molar-refractivity contribution in [1.82, 2.24) is 5.32 Å². The maximum absolute atomic E-state index is 12.7. The molecule has 23 heavy (non-hydrogen) atoms. The predicted octanol–water partition coefficient (Wildman–Crippen LogP) is 2.91. The summed E-state index contributed by atoms with van der Waals surface area (Å²) in [4.78, 5) is 11.9. The number of nitrogens with zero attached hydrogens (tertiary/aromatic N) is 1. The fourth-order valence-corrected chi connectivity index (χ4v) is 2.23. The SMILES string of the molecule is N#C/C(=C/c1cccc(C(F)(F)F)c1)C(=O)NC[C@H]1CCCO1. The van der Waals surface area contributed by atoms with Gasteiger partial charge in [0.2, 0.25) is 0 Å². The largest absolute Gasteiger partial charge is 0.416 e. The lowest BCUT2D eigenvalue weighted by molar-refractivity contribution is -0.137. The molecule has 1 aromatic carbocycles. The van der Waals surface area contributed by atoms with Crippen molar-refractivity contribution in [3.05, 3.63) is 41.0 Å². The van der Waals surface area contributed by atoms with Crippen molar-refractivity contribution in [2.75, 3.05) is 13.2 Å². The summed E-state index contributed by atoms with van der Waals surface area (Å²) in [5.74, 6) is -0.625. The van der Waals surface area contributed by atoms with Crippen molar-refractivity contribution < 1.29 is 22.7 Å². The Balaban J connectivity index is 2.08. The van der Waals surface area contributed by atoms with Crippen molar-refractivity contribution in [3.8, 4) is 6.07 Å². The first-order chi connectivity index (χ1) is 10.9. The van der Waals surface area contributed by atoms with Gasteiger partial charge >= 0.3 is 6.18 Å². The number of hydrogen-bond donors (Lipinski definition) is 1. The van der Waals surface area contributed by atoms with Crippen LogP contribution in [0.4, 0.5) is 13.2 Å². The van der Waals surface area contributed by atoms with E-state index in [1.54, 1.807) is 6.07 Å². The molecule has 4 nitrogen and oxygen atoms in total. The van der Waals surface area contributed by atoms with Gasteiger partial charge in [0.25, 0.3) is 5.91 Å². The number of ether oxygens (including phenoxy) is 1. The predicted molar refractivity (Wildman–Crippen MR) is 77.0 cm³/mol. The van der Waals surface area contributed by atoms with E-state index in [0.717, 1.165) is 31.1 Å². The molecule has 2 rings (SSSR count). The number of nitrogens with one attached hydrogen (secondary N) is 1. The summed E-state index contributed by atoms with van der Waals surface area (Å²) >= 11 is 0. The molecule has 0 spiro atoms. The Morgan fingerprint density at radius 2 is 2.26 bits per heavy atom. The second kappa shape index (κ2) is 7.29. The molecule has 0 unspecified atom stereocenters. The van der Waals surface area contributed by atoms with Crippen LogP contribution in [0.1, 0.15) is 24.0 Å². The third kappa shape index (κ3) is 4.83. The van der Waals surface area contributed by atoms with E-state index in [9.17, 15) is 18.0 Å². The van der Waals surface area contributed by atoms with Gasteiger partial charge in [-0.25, -0.2) is 0 Å². The van der Waals surface area contributed by atoms with Crippen LogP contribution in [0, 0.1) is 11.3 Å². The Morgan fingerprint density at radius 3 is 2.87 bits per heavy atom. The average molecular weight is 324 g/mol. The van der Waals surface area contributed by atoms with Gasteiger partial charge in [0.1, 0.15) is 11.6 Å². The topological polar surface area (TPSA) is 62.1 Å². The van der Waals surface area contributed by atoms with Crippen molar-refractivity contribution in [3.63, 3.8) is 0 Å². The first-order valence-electron chi connectivity index (χ1n) is 7.09. The third-order valence-electron chi connectivity index (χ3n) is 3.40. The molecule has 1 amide bonds. The molecular weight excluding hydrogens is 309 g/mol. The monoisotopic (exact) mass is 324 g/mol. The molecule has 1 atom stereocenters. The van der Waals surface area contributed by atoms with Gasteiger partial charge in [-0.3, -0.25) is 4.79 Å². The van der Waals surface area contributed by atoms with Gasteiger partial charge in [-0.1, -0.05) is 12.1 Å². The molecule has 1 aliphatic heterocycles. The molecule has 1 aliphatic rings. The van der Waals surface area contributed by atoms with Crippen molar-refractivity contribution in [2.45, 2.75) is 25.1 Å². The van der Waals surface area contributed by atoms with E-state index in [-0.39, 0.29) is 23.8 Å². The van der Waals surface area contributed by atoms with Crippen molar-refractivity contribution in [2.24, 2.45) is 0 Å². The number of carbonyl (C=O) groups excluding carboxylic acids is 1. The fraction of sp³-hybridized carbons (Fsp3) is 0.375. The van der Waals surface area contributed by atoms with Crippen molar-refractivity contribution in [1.29, 1.82) is 5.26 Å². The standard InChI is InChI=1S/C16H15F3N2O2/c17-16(18,19)13-4-1-3-11(8-13)7-12(9-20)15(22)21-10-14-5-2-6-23-14/h1,3-4,7-8,14H,2,5-6,10H2,(H,21,22)/b12-7-/t14-/m1/s1. The zero-order valence-electron chi connectivity index (χ0n) is 12.2. The van der Waals surface area contributed by atoms with Gasteiger partial charge in [-0.05, 0) is 36.6 Å². The highest BCUT2D eigenvalue weighted by Crippen LogP contribution is 2.29. The quantitative estimate of drug-likeness (QED) is 0.684. The summed E-state index contributed by atoms with van der Waals surface area (Å²) in [5.41, 5.74) is -0.936. The zero-order chi connectivity index (χ0) is 16.9. The minimum atomic E-state index is -4.47. The molecule has 0 saturated carbocycles. The lowest BCUT2D eigenvalue weighted by atomic mass is 10.1. The molecule has 1 N–H and O–H groups in total. The number of halogens is 3. The van der Waals surface area contributed by atoms with E-state index < -0.39 is 17.6 Å². The van der Waals surface area contributed by atoms with Crippen LogP contribution >= 0.6 is 0 Å². The Kier molecular flexibility index (Phi) is 5.40. The van der Waals surface area contributed by atoms with Crippen LogP contribution in [0.25, 0.3) is 6.08 Å². The summed E-state index contributed by atoms with van der Waals surface area (Å²) in [6, 6.07) is 6.17. The van der Waals surface area contributed by atoms with E-state index in [2.05, 4.69) is 5.32 Å². The number of carbonyl (C=O) groups is 1. The second-order valence-corrected chi connectivity index (χ2v) is 5.14. The lowest BCUT2D eigenvalue weighted by Crippen LogP contribution is -2.32. The van der Waals surface area contributed by atoms with Crippen LogP contribution in [-0.2, 0) is 15.7 Å². The third-order valence-corrected chi connectivity index (χ3v) is 3.40. The summed E-state index contributed by atoms with van der Waals surface area (Å²) in [6.07, 6.45) is -1.66. The number of hydrogen-bond acceptors (Lipinski definition) is 3. The number of nitriles is 1. The van der Waals surface area contributed by atoms with Gasteiger partial charge in [-0.15, -0.1) is 0 Å². The smallest absolute Gasteiger partial charge is 0.376 e. The number of amides is 1. The van der Waals surface area contributed by atoms with Gasteiger partial charge < -0.3 is 10.1 Å². The summed E-state index contributed by atoms with van der Waals surface area (Å²) < 4.78 is 43.3. The first kappa shape index (κ1) is 17.0. The van der Waals surface area contributed by atoms with Gasteiger partial charge in [-0.2, -0.15) is 18.4 Å². The molecule has 122 valence electrons. The molecule has 1 saturated heterocycles. The van der Waals surface area contributed by atoms with Gasteiger partial charge in [0.05, 0.1) is 11.7 Å². The molecule has 7 heteroatoms. The molecule has 1 fully saturated rings. The number of benzene rings is 1. The molecule has 0 bridgehead atoms. The normalized spacial score (nSPS) is 18.5. The summed E-state index contributed by atoms with van der Waals surface area (Å²) in [6.45, 7) is 0.923. The second-order valence-electron chi connectivity index (χ2n) is 5.14. The van der Waals surface area contributed by atoms with Crippen LogP contribution in [0.5, 0.6) is 0 Å². The minimum Gasteiger partial charge on any atom is -0.376 e. The molecule has 1 heterocycles. The highest BCUT2D eigenvalue weighted by atomic mass is 19.4. The molecule has 1 aromatic rings. The van der Waals surface area contributed by atoms with Crippen LogP contribution < -0.4 is 5.32 Å². The molecule has 0 aromatic heterocycles. The van der Waals surface area contributed by atoms with Gasteiger partial charge in [0.15, 0.2) is 0 Å². The van der Waals surface area contributed by atoms with Gasteiger partial charge in [0, 0.05) is 13.2 Å². The van der Waals surface area contributed by atoms with Crippen LogP contribution in [-0.4, -0.2) is 25.2 Å². The average Bonchev–Trinajstić information content (AvgIpc) is 3.03. The minimum absolute atomic E-state index is 0.0764. The summed E-state index contributed by atoms with van der Waals surface area (Å²) in [7, 11) is 0. The highest BCUT2D eigenvalue weighted by molar-refractivity contribution is 6.01. The lowest BCUT2D eigenvalue weighted by Gasteiger charge is -2.10. The first-order valence-corrected chi connectivity index (χ1v) is 7.09. The van der Waals surface area contributed by atoms with E-state index in [0.29, 0.717) is 6.61 Å². The molecule has 0 radical (unpaired) electrons. The Hall–Kier alpha value is -2.33. The van der Waals surface area contributed by atoms with E-state index in [4.69, 9.17) is 10.00 Å². The van der Waals surface area contributed by atoms with E-state index in [1.807, 2.05) is 0 Å². The zero-order valence-corrected chi connectivity index (χ0v) is 12.2. The molecule has 0 aliphatic carbocycles.